The third-order valence-electron chi connectivity index (χ3n) is 4.94. The summed E-state index contributed by atoms with van der Waals surface area (Å²) in [5, 5.41) is 5.56. The van der Waals surface area contributed by atoms with Gasteiger partial charge >= 0.3 is 12.4 Å². The summed E-state index contributed by atoms with van der Waals surface area (Å²) < 4.78 is 83.5. The molecule has 2 aromatic rings. The molecule has 0 aliphatic heterocycles. The molecule has 3 N–H and O–H groups in total. The van der Waals surface area contributed by atoms with E-state index in [1.165, 1.54) is 30.3 Å². The Morgan fingerprint density at radius 3 is 2.34 bits per heavy atom. The first-order valence-corrected chi connectivity index (χ1v) is 10.4. The van der Waals surface area contributed by atoms with Crippen molar-refractivity contribution in [2.75, 3.05) is 5.73 Å². The SMILES string of the molecule is Nc1cccc(C(=O)NC2C(Br)=CC=CC2(Br)C(n2cccn2)(C(F)(F)F)C(F)(F)F)c1. The Hall–Kier alpha value is -2.28. The van der Waals surface area contributed by atoms with Gasteiger partial charge in [-0.1, -0.05) is 56.2 Å². The van der Waals surface area contributed by atoms with Crippen LogP contribution >= 0.6 is 31.9 Å². The third-order valence-corrected chi connectivity index (χ3v) is 6.96. The van der Waals surface area contributed by atoms with Crippen LogP contribution in [0.25, 0.3) is 0 Å². The van der Waals surface area contributed by atoms with Gasteiger partial charge in [-0.15, -0.1) is 0 Å². The van der Waals surface area contributed by atoms with Crippen molar-refractivity contribution in [3.05, 3.63) is 71.0 Å². The standard InChI is InChI=1S/C19H14Br2F6N4O/c20-13-6-2-7-16(21,14(13)30-15(32)11-4-1-5-12(28)10-11)17(18(22,23)24,19(25,26)27)31-9-3-8-29-31/h1-10,14H,28H2,(H,30,32). The number of benzene rings is 1. The van der Waals surface area contributed by atoms with Crippen molar-refractivity contribution in [3.8, 4) is 0 Å². The van der Waals surface area contributed by atoms with Crippen LogP contribution in [0.15, 0.2) is 65.4 Å². The monoisotopic (exact) mass is 586 g/mol. The average Bonchev–Trinajstić information content (AvgIpc) is 3.17. The van der Waals surface area contributed by atoms with E-state index in [0.717, 1.165) is 18.3 Å². The molecule has 1 aliphatic carbocycles. The second-order valence-corrected chi connectivity index (χ2v) is 9.10. The number of nitrogens with one attached hydrogen (secondary N) is 1. The summed E-state index contributed by atoms with van der Waals surface area (Å²) >= 11 is 5.75. The molecule has 2 atom stereocenters. The third kappa shape index (κ3) is 3.74. The van der Waals surface area contributed by atoms with Gasteiger partial charge in [-0.3, -0.25) is 4.79 Å². The number of allylic oxidation sites excluding steroid dienone is 2. The fourth-order valence-electron chi connectivity index (χ4n) is 3.57. The molecule has 3 rings (SSSR count). The summed E-state index contributed by atoms with van der Waals surface area (Å²) in [5.74, 6) is -0.925. The molecular formula is C19H14Br2F6N4O. The van der Waals surface area contributed by atoms with E-state index in [2.05, 4.69) is 42.3 Å². The number of nitrogens with two attached hydrogens (primary N) is 1. The van der Waals surface area contributed by atoms with Crippen LogP contribution in [0.1, 0.15) is 10.4 Å². The summed E-state index contributed by atoms with van der Waals surface area (Å²) in [5.41, 5.74) is 1.19. The van der Waals surface area contributed by atoms with Crippen LogP contribution in [-0.2, 0) is 5.54 Å². The van der Waals surface area contributed by atoms with Crippen LogP contribution in [0, 0.1) is 0 Å². The van der Waals surface area contributed by atoms with Gasteiger partial charge in [0.2, 0.25) is 0 Å². The zero-order valence-electron chi connectivity index (χ0n) is 15.8. The lowest BCUT2D eigenvalue weighted by molar-refractivity contribution is -0.339. The van der Waals surface area contributed by atoms with Crippen LogP contribution in [0.4, 0.5) is 32.0 Å². The van der Waals surface area contributed by atoms with Gasteiger partial charge in [-0.25, -0.2) is 4.68 Å². The Labute approximate surface area is 194 Å². The first-order chi connectivity index (χ1) is 14.8. The van der Waals surface area contributed by atoms with Gasteiger partial charge in [-0.2, -0.15) is 31.4 Å². The number of halogens is 8. The summed E-state index contributed by atoms with van der Waals surface area (Å²) in [7, 11) is 0. The number of alkyl halides is 7. The normalized spacial score (nSPS) is 21.9. The van der Waals surface area contributed by atoms with E-state index in [-0.39, 0.29) is 20.4 Å². The average molecular weight is 588 g/mol. The number of rotatable bonds is 4. The molecule has 1 aromatic heterocycles. The highest BCUT2D eigenvalue weighted by Gasteiger charge is 2.82. The van der Waals surface area contributed by atoms with E-state index in [1.54, 1.807) is 0 Å². The Kier molecular flexibility index (Phi) is 6.28. The van der Waals surface area contributed by atoms with Gasteiger partial charge in [-0.05, 0) is 24.3 Å². The van der Waals surface area contributed by atoms with Gasteiger partial charge < -0.3 is 11.1 Å². The van der Waals surface area contributed by atoms with Crippen LogP contribution in [-0.4, -0.2) is 38.4 Å². The number of anilines is 1. The smallest absolute Gasteiger partial charge is 0.399 e. The predicted octanol–water partition coefficient (Wildman–Crippen LogP) is 5.07. The molecule has 0 radical (unpaired) electrons. The Morgan fingerprint density at radius 2 is 1.81 bits per heavy atom. The number of hydrogen-bond donors (Lipinski definition) is 2. The number of nitrogens with zero attached hydrogens (tertiary/aromatic N) is 2. The maximum atomic E-state index is 14.5. The van der Waals surface area contributed by atoms with Crippen LogP contribution in [0.5, 0.6) is 0 Å². The van der Waals surface area contributed by atoms with Gasteiger partial charge in [0.05, 0.1) is 6.04 Å². The molecule has 5 nitrogen and oxygen atoms in total. The van der Waals surface area contributed by atoms with E-state index in [9.17, 15) is 31.1 Å². The molecule has 0 saturated heterocycles. The second kappa shape index (κ2) is 8.25. The number of hydrogen-bond acceptors (Lipinski definition) is 3. The number of nitrogen functional groups attached to an aromatic ring is 1. The van der Waals surface area contributed by atoms with Crippen molar-refractivity contribution >= 4 is 43.5 Å². The number of carbonyl (C=O) groups is 1. The van der Waals surface area contributed by atoms with Gasteiger partial charge in [0.1, 0.15) is 4.32 Å². The minimum atomic E-state index is -5.89. The van der Waals surface area contributed by atoms with Gasteiger partial charge in [0.15, 0.2) is 0 Å². The Morgan fingerprint density at radius 1 is 1.16 bits per heavy atom. The molecule has 32 heavy (non-hydrogen) atoms. The highest BCUT2D eigenvalue weighted by molar-refractivity contribution is 9.12. The zero-order valence-corrected chi connectivity index (χ0v) is 18.9. The van der Waals surface area contributed by atoms with Crippen molar-refractivity contribution in [2.45, 2.75) is 28.3 Å². The molecule has 0 saturated carbocycles. The summed E-state index contributed by atoms with van der Waals surface area (Å²) in [6.07, 6.45) is -7.44. The van der Waals surface area contributed by atoms with Crippen molar-refractivity contribution in [1.29, 1.82) is 0 Å². The maximum absolute atomic E-state index is 14.5. The molecule has 13 heteroatoms. The summed E-state index contributed by atoms with van der Waals surface area (Å²) in [6, 6.07) is 4.58. The van der Waals surface area contributed by atoms with Gasteiger partial charge in [0, 0.05) is 28.1 Å². The lowest BCUT2D eigenvalue weighted by Gasteiger charge is -2.51. The molecule has 1 amide bonds. The Bertz CT molecular complexity index is 1050. The lowest BCUT2D eigenvalue weighted by Crippen LogP contribution is -2.74. The minimum Gasteiger partial charge on any atom is -0.399 e. The predicted molar refractivity (Wildman–Crippen MR) is 112 cm³/mol. The van der Waals surface area contributed by atoms with Crippen molar-refractivity contribution in [1.82, 2.24) is 15.1 Å². The molecule has 0 fully saturated rings. The van der Waals surface area contributed by atoms with E-state index in [4.69, 9.17) is 5.73 Å². The number of carbonyl (C=O) groups excluding carboxylic acids is 1. The molecule has 1 aromatic carbocycles. The fraction of sp³-hybridized carbons (Fsp3) is 0.263. The molecular weight excluding hydrogens is 574 g/mol. The van der Waals surface area contributed by atoms with E-state index in [0.29, 0.717) is 12.3 Å². The molecule has 0 spiro atoms. The molecule has 1 aliphatic rings. The lowest BCUT2D eigenvalue weighted by atomic mass is 9.75. The first-order valence-electron chi connectivity index (χ1n) is 8.79. The molecule has 0 bridgehead atoms. The maximum Gasteiger partial charge on any atom is 0.424 e. The van der Waals surface area contributed by atoms with Crippen molar-refractivity contribution < 1.29 is 31.1 Å². The Balaban J connectivity index is 2.23. The minimum absolute atomic E-state index is 0.0431. The number of aromatic nitrogens is 2. The fourth-order valence-corrected chi connectivity index (χ4v) is 5.65. The molecule has 2 unspecified atom stereocenters. The highest BCUT2D eigenvalue weighted by atomic mass is 79.9. The zero-order chi connectivity index (χ0) is 23.9. The van der Waals surface area contributed by atoms with Crippen molar-refractivity contribution in [3.63, 3.8) is 0 Å². The first kappa shape index (κ1) is 24.4. The van der Waals surface area contributed by atoms with E-state index in [1.807, 2.05) is 0 Å². The second-order valence-electron chi connectivity index (χ2n) is 6.87. The van der Waals surface area contributed by atoms with Gasteiger partial charge in [0.25, 0.3) is 11.4 Å². The largest absolute Gasteiger partial charge is 0.424 e. The van der Waals surface area contributed by atoms with Crippen LogP contribution in [0.3, 0.4) is 0 Å². The van der Waals surface area contributed by atoms with Crippen LogP contribution in [0.2, 0.25) is 0 Å². The molecule has 1 heterocycles. The topological polar surface area (TPSA) is 72.9 Å². The van der Waals surface area contributed by atoms with Crippen LogP contribution < -0.4 is 11.1 Å². The molecule has 172 valence electrons. The van der Waals surface area contributed by atoms with E-state index >= 15 is 0 Å². The highest BCUT2D eigenvalue weighted by Crippen LogP contribution is 2.61. The van der Waals surface area contributed by atoms with Crippen molar-refractivity contribution in [2.24, 2.45) is 0 Å². The summed E-state index contributed by atoms with van der Waals surface area (Å²) in [6.45, 7) is 0. The number of amides is 1. The quantitative estimate of drug-likeness (QED) is 0.298. The van der Waals surface area contributed by atoms with E-state index < -0.39 is 34.2 Å². The summed E-state index contributed by atoms with van der Waals surface area (Å²) in [4.78, 5) is 12.8.